The summed E-state index contributed by atoms with van der Waals surface area (Å²) in [6.45, 7) is 7.40. The number of amides is 1. The third-order valence-corrected chi connectivity index (χ3v) is 3.33. The zero-order chi connectivity index (χ0) is 19.1. The Bertz CT molecular complexity index is 814. The Hall–Kier alpha value is -3.28. The van der Waals surface area contributed by atoms with E-state index in [0.717, 1.165) is 0 Å². The summed E-state index contributed by atoms with van der Waals surface area (Å²) in [5.41, 5.74) is 0.559. The molecule has 0 aromatic heterocycles. The Morgan fingerprint density at radius 3 is 2.50 bits per heavy atom. The number of ether oxygens (including phenoxy) is 2. The van der Waals surface area contributed by atoms with Gasteiger partial charge in [0.25, 0.3) is 5.91 Å². The highest BCUT2D eigenvalue weighted by Gasteiger charge is 2.19. The smallest absolute Gasteiger partial charge is 0.339 e. The quantitative estimate of drug-likeness (QED) is 0.700. The van der Waals surface area contributed by atoms with Crippen LogP contribution < -0.4 is 14.8 Å². The van der Waals surface area contributed by atoms with Crippen LogP contribution in [0.1, 0.15) is 34.6 Å². The van der Waals surface area contributed by atoms with Gasteiger partial charge in [0.05, 0.1) is 17.4 Å². The zero-order valence-corrected chi connectivity index (χ0v) is 14.7. The summed E-state index contributed by atoms with van der Waals surface area (Å²) < 4.78 is 11.1. The fourth-order valence-electron chi connectivity index (χ4n) is 2.30. The van der Waals surface area contributed by atoms with Gasteiger partial charge in [0.15, 0.2) is 5.75 Å². The van der Waals surface area contributed by atoms with E-state index in [9.17, 15) is 14.7 Å². The van der Waals surface area contributed by atoms with Crippen molar-refractivity contribution in [1.82, 2.24) is 0 Å². The number of hydrogen-bond donors (Lipinski definition) is 2. The van der Waals surface area contributed by atoms with E-state index in [4.69, 9.17) is 9.47 Å². The molecule has 1 amide bonds. The number of aromatic carboxylic acids is 1. The lowest BCUT2D eigenvalue weighted by molar-refractivity contribution is 0.0692. The molecule has 136 valence electrons. The number of para-hydroxylation sites is 2. The van der Waals surface area contributed by atoms with Crippen LogP contribution in [0.15, 0.2) is 55.1 Å². The molecule has 0 spiro atoms. The largest absolute Gasteiger partial charge is 0.490 e. The minimum absolute atomic E-state index is 0.0450. The number of carbonyl (C=O) groups excluding carboxylic acids is 1. The number of carboxylic acid groups (broad SMARTS) is 1. The Morgan fingerprint density at radius 2 is 1.85 bits per heavy atom. The van der Waals surface area contributed by atoms with E-state index >= 15 is 0 Å². The second kappa shape index (κ2) is 8.71. The first-order valence-electron chi connectivity index (χ1n) is 8.11. The minimum atomic E-state index is -1.15. The first kappa shape index (κ1) is 19.1. The number of rotatable bonds is 8. The van der Waals surface area contributed by atoms with Crippen molar-refractivity contribution in [3.05, 3.63) is 66.2 Å². The van der Waals surface area contributed by atoms with Crippen molar-refractivity contribution < 1.29 is 24.2 Å². The molecular weight excluding hydrogens is 334 g/mol. The molecular formula is C20H21NO5. The average Bonchev–Trinajstić information content (AvgIpc) is 2.60. The molecule has 0 fully saturated rings. The molecule has 6 nitrogen and oxygen atoms in total. The lowest BCUT2D eigenvalue weighted by Gasteiger charge is -2.16. The van der Waals surface area contributed by atoms with Gasteiger partial charge in [-0.15, -0.1) is 0 Å². The number of hydrogen-bond acceptors (Lipinski definition) is 4. The van der Waals surface area contributed by atoms with Crippen LogP contribution in [-0.2, 0) is 0 Å². The number of benzene rings is 2. The van der Waals surface area contributed by atoms with E-state index < -0.39 is 11.9 Å². The van der Waals surface area contributed by atoms with Gasteiger partial charge in [-0.3, -0.25) is 4.79 Å². The summed E-state index contributed by atoms with van der Waals surface area (Å²) in [6, 6.07) is 11.4. The lowest BCUT2D eigenvalue weighted by atomic mass is 10.1. The standard InChI is InChI=1S/C20H21NO5/c1-4-12-25-18-15(20(23)24)9-7-10-16(18)21-19(22)14-8-5-6-11-17(14)26-13(2)3/h4-11,13H,1,12H2,2-3H3,(H,21,22)(H,23,24). The number of nitrogens with one attached hydrogen (secondary N) is 1. The van der Waals surface area contributed by atoms with Crippen molar-refractivity contribution in [3.63, 3.8) is 0 Å². The molecule has 2 aromatic carbocycles. The molecule has 0 heterocycles. The van der Waals surface area contributed by atoms with Crippen molar-refractivity contribution in [1.29, 1.82) is 0 Å². The van der Waals surface area contributed by atoms with Crippen LogP contribution in [0.3, 0.4) is 0 Å². The summed E-state index contributed by atoms with van der Waals surface area (Å²) >= 11 is 0. The van der Waals surface area contributed by atoms with E-state index in [-0.39, 0.29) is 29.7 Å². The molecule has 0 aliphatic heterocycles. The molecule has 2 rings (SSSR count). The maximum atomic E-state index is 12.7. The summed E-state index contributed by atoms with van der Waals surface area (Å²) in [4.78, 5) is 24.1. The van der Waals surface area contributed by atoms with Crippen molar-refractivity contribution in [2.24, 2.45) is 0 Å². The molecule has 0 bridgehead atoms. The third-order valence-electron chi connectivity index (χ3n) is 3.33. The second-order valence-electron chi connectivity index (χ2n) is 5.70. The third kappa shape index (κ3) is 4.63. The lowest BCUT2D eigenvalue weighted by Crippen LogP contribution is -2.17. The van der Waals surface area contributed by atoms with Gasteiger partial charge in [0.2, 0.25) is 0 Å². The van der Waals surface area contributed by atoms with E-state index in [0.29, 0.717) is 11.3 Å². The van der Waals surface area contributed by atoms with Gasteiger partial charge >= 0.3 is 5.97 Å². The van der Waals surface area contributed by atoms with Gasteiger partial charge in [-0.05, 0) is 38.1 Å². The molecule has 2 aromatic rings. The first-order valence-corrected chi connectivity index (χ1v) is 8.11. The highest BCUT2D eigenvalue weighted by Crippen LogP contribution is 2.30. The highest BCUT2D eigenvalue weighted by molar-refractivity contribution is 6.08. The molecule has 0 radical (unpaired) electrons. The summed E-state index contributed by atoms with van der Waals surface area (Å²) in [5, 5.41) is 12.0. The summed E-state index contributed by atoms with van der Waals surface area (Å²) in [6.07, 6.45) is 1.40. The predicted molar refractivity (Wildman–Crippen MR) is 99.3 cm³/mol. The highest BCUT2D eigenvalue weighted by atomic mass is 16.5. The van der Waals surface area contributed by atoms with Gasteiger partial charge in [0, 0.05) is 0 Å². The molecule has 26 heavy (non-hydrogen) atoms. The average molecular weight is 355 g/mol. The van der Waals surface area contributed by atoms with Gasteiger partial charge in [0.1, 0.15) is 17.9 Å². The van der Waals surface area contributed by atoms with Crippen LogP contribution in [0.25, 0.3) is 0 Å². The molecule has 0 saturated carbocycles. The predicted octanol–water partition coefficient (Wildman–Crippen LogP) is 3.99. The van der Waals surface area contributed by atoms with Crippen LogP contribution >= 0.6 is 0 Å². The number of anilines is 1. The Morgan fingerprint density at radius 1 is 1.15 bits per heavy atom. The second-order valence-corrected chi connectivity index (χ2v) is 5.70. The Labute approximate surface area is 152 Å². The van der Waals surface area contributed by atoms with Crippen LogP contribution in [0.5, 0.6) is 11.5 Å². The zero-order valence-electron chi connectivity index (χ0n) is 14.7. The van der Waals surface area contributed by atoms with E-state index in [1.54, 1.807) is 30.3 Å². The molecule has 0 atom stereocenters. The molecule has 0 unspecified atom stereocenters. The van der Waals surface area contributed by atoms with Gasteiger partial charge in [-0.25, -0.2) is 4.79 Å². The minimum Gasteiger partial charge on any atom is -0.490 e. The first-order chi connectivity index (χ1) is 12.4. The van der Waals surface area contributed by atoms with Crippen molar-refractivity contribution in [2.45, 2.75) is 20.0 Å². The maximum Gasteiger partial charge on any atom is 0.339 e. The Balaban J connectivity index is 2.36. The van der Waals surface area contributed by atoms with E-state index in [1.165, 1.54) is 18.2 Å². The maximum absolute atomic E-state index is 12.7. The topological polar surface area (TPSA) is 84.9 Å². The SMILES string of the molecule is C=CCOc1c(NC(=O)c2ccccc2OC(C)C)cccc1C(=O)O. The fraction of sp³-hybridized carbons (Fsp3) is 0.200. The van der Waals surface area contributed by atoms with Gasteiger partial charge in [-0.2, -0.15) is 0 Å². The van der Waals surface area contributed by atoms with Crippen molar-refractivity contribution in [3.8, 4) is 11.5 Å². The van der Waals surface area contributed by atoms with Crippen molar-refractivity contribution >= 4 is 17.6 Å². The van der Waals surface area contributed by atoms with Gasteiger partial charge in [-0.1, -0.05) is 30.9 Å². The normalized spacial score (nSPS) is 10.3. The molecule has 6 heteroatoms. The molecule has 0 aliphatic carbocycles. The Kier molecular flexibility index (Phi) is 6.38. The molecule has 0 aliphatic rings. The van der Waals surface area contributed by atoms with Gasteiger partial charge < -0.3 is 19.9 Å². The van der Waals surface area contributed by atoms with E-state index in [2.05, 4.69) is 11.9 Å². The summed E-state index contributed by atoms with van der Waals surface area (Å²) in [7, 11) is 0. The number of carbonyl (C=O) groups is 2. The summed E-state index contributed by atoms with van der Waals surface area (Å²) in [5.74, 6) is -1.05. The van der Waals surface area contributed by atoms with Crippen LogP contribution in [-0.4, -0.2) is 29.7 Å². The molecule has 2 N–H and O–H groups in total. The van der Waals surface area contributed by atoms with Crippen LogP contribution in [0.4, 0.5) is 5.69 Å². The van der Waals surface area contributed by atoms with Crippen molar-refractivity contribution in [2.75, 3.05) is 11.9 Å². The monoisotopic (exact) mass is 355 g/mol. The van der Waals surface area contributed by atoms with Crippen LogP contribution in [0.2, 0.25) is 0 Å². The molecule has 0 saturated heterocycles. The number of carboxylic acids is 1. The fourth-order valence-corrected chi connectivity index (χ4v) is 2.30. The van der Waals surface area contributed by atoms with Crippen LogP contribution in [0, 0.1) is 0 Å². The van der Waals surface area contributed by atoms with E-state index in [1.807, 2.05) is 13.8 Å².